The average Bonchev–Trinajstić information content (AvgIpc) is 3.39. The van der Waals surface area contributed by atoms with Crippen LogP contribution in [-0.2, 0) is 0 Å². The molecule has 0 atom stereocenters. The molecule has 6 heteroatoms. The van der Waals surface area contributed by atoms with Gasteiger partial charge in [-0.05, 0) is 43.5 Å². The highest BCUT2D eigenvalue weighted by Crippen LogP contribution is 2.40. The van der Waals surface area contributed by atoms with E-state index in [2.05, 4.69) is 32.6 Å². The molecule has 6 nitrogen and oxygen atoms in total. The molecule has 1 saturated carbocycles. The first-order valence-corrected chi connectivity index (χ1v) is 8.81. The Labute approximate surface area is 145 Å². The first kappa shape index (κ1) is 14.6. The van der Waals surface area contributed by atoms with E-state index in [0.29, 0.717) is 11.7 Å². The van der Waals surface area contributed by atoms with Gasteiger partial charge in [0.1, 0.15) is 5.82 Å². The Hall–Kier alpha value is -2.73. The van der Waals surface area contributed by atoms with Crippen LogP contribution in [0.1, 0.15) is 36.7 Å². The second-order valence-electron chi connectivity index (χ2n) is 6.80. The minimum Gasteiger partial charge on any atom is -0.383 e. The Morgan fingerprint density at radius 2 is 2.08 bits per heavy atom. The van der Waals surface area contributed by atoms with Crippen LogP contribution in [0.4, 0.5) is 5.82 Å². The molecule has 0 bridgehead atoms. The third-order valence-electron chi connectivity index (χ3n) is 4.99. The number of anilines is 1. The number of rotatable bonds is 3. The molecule has 0 radical (unpaired) electrons. The molecule has 3 heterocycles. The summed E-state index contributed by atoms with van der Waals surface area (Å²) in [6.07, 6.45) is 5.56. The summed E-state index contributed by atoms with van der Waals surface area (Å²) < 4.78 is 0. The molecular formula is C19H20N6. The van der Waals surface area contributed by atoms with E-state index in [-0.39, 0.29) is 0 Å². The highest BCUT2D eigenvalue weighted by Gasteiger charge is 2.26. The topological polar surface area (TPSA) is 92.5 Å². The Morgan fingerprint density at radius 3 is 2.88 bits per heavy atom. The van der Waals surface area contributed by atoms with Crippen molar-refractivity contribution in [1.82, 2.24) is 25.5 Å². The van der Waals surface area contributed by atoms with Gasteiger partial charge >= 0.3 is 0 Å². The molecule has 126 valence electrons. The van der Waals surface area contributed by atoms with Crippen molar-refractivity contribution in [2.24, 2.45) is 0 Å². The molecule has 25 heavy (non-hydrogen) atoms. The molecule has 1 aliphatic heterocycles. The quantitative estimate of drug-likeness (QED) is 0.686. The summed E-state index contributed by atoms with van der Waals surface area (Å²) in [6.45, 7) is 1.80. The molecule has 0 amide bonds. The van der Waals surface area contributed by atoms with Gasteiger partial charge in [-0.3, -0.25) is 5.10 Å². The minimum atomic E-state index is 0.519. The number of nitrogens with zero attached hydrogens (tertiary/aromatic N) is 3. The number of nitrogens with two attached hydrogens (primary N) is 1. The zero-order valence-corrected chi connectivity index (χ0v) is 13.9. The van der Waals surface area contributed by atoms with Gasteiger partial charge in [0.05, 0.1) is 16.6 Å². The number of aromatic nitrogens is 4. The summed E-state index contributed by atoms with van der Waals surface area (Å²) in [7, 11) is 0. The third kappa shape index (κ3) is 2.59. The van der Waals surface area contributed by atoms with Crippen LogP contribution < -0.4 is 11.1 Å². The average molecular weight is 332 g/mol. The van der Waals surface area contributed by atoms with Crippen molar-refractivity contribution in [1.29, 1.82) is 0 Å². The summed E-state index contributed by atoms with van der Waals surface area (Å²) in [4.78, 5) is 9.37. The van der Waals surface area contributed by atoms with Crippen LogP contribution in [0, 0.1) is 0 Å². The molecule has 0 spiro atoms. The minimum absolute atomic E-state index is 0.519. The third-order valence-corrected chi connectivity index (χ3v) is 4.99. The fraction of sp³-hybridized carbons (Fsp3) is 0.316. The Bertz CT molecular complexity index is 983. The predicted octanol–water partition coefficient (Wildman–Crippen LogP) is 2.86. The molecule has 0 unspecified atom stereocenters. The summed E-state index contributed by atoms with van der Waals surface area (Å²) in [5, 5.41) is 11.9. The molecule has 0 saturated heterocycles. The van der Waals surface area contributed by atoms with E-state index >= 15 is 0 Å². The molecule has 1 aliphatic carbocycles. The molecule has 1 aromatic carbocycles. The van der Waals surface area contributed by atoms with E-state index in [9.17, 15) is 0 Å². The van der Waals surface area contributed by atoms with E-state index in [0.717, 1.165) is 53.1 Å². The zero-order valence-electron chi connectivity index (χ0n) is 13.9. The van der Waals surface area contributed by atoms with E-state index in [1.165, 1.54) is 18.5 Å². The van der Waals surface area contributed by atoms with Crippen molar-refractivity contribution in [3.8, 4) is 11.3 Å². The lowest BCUT2D eigenvalue weighted by molar-refractivity contribution is 0.735. The maximum atomic E-state index is 6.35. The van der Waals surface area contributed by atoms with Crippen molar-refractivity contribution in [2.75, 3.05) is 18.8 Å². The zero-order chi connectivity index (χ0) is 16.8. The maximum absolute atomic E-state index is 6.35. The lowest BCUT2D eigenvalue weighted by Gasteiger charge is -2.14. The number of fused-ring (bicyclic) bond motifs is 1. The van der Waals surface area contributed by atoms with E-state index in [1.54, 1.807) is 0 Å². The van der Waals surface area contributed by atoms with E-state index < -0.39 is 0 Å². The second-order valence-corrected chi connectivity index (χ2v) is 6.80. The van der Waals surface area contributed by atoms with Gasteiger partial charge in [-0.1, -0.05) is 18.2 Å². The first-order valence-electron chi connectivity index (χ1n) is 8.81. The number of hydrogen-bond acceptors (Lipinski definition) is 5. The van der Waals surface area contributed by atoms with Crippen molar-refractivity contribution < 1.29 is 0 Å². The van der Waals surface area contributed by atoms with E-state index in [4.69, 9.17) is 10.7 Å². The monoisotopic (exact) mass is 332 g/mol. The molecule has 2 aliphatic rings. The predicted molar refractivity (Wildman–Crippen MR) is 99.0 cm³/mol. The van der Waals surface area contributed by atoms with Gasteiger partial charge in [0.25, 0.3) is 0 Å². The summed E-state index contributed by atoms with van der Waals surface area (Å²) in [5.74, 6) is 1.90. The second kappa shape index (κ2) is 5.67. The number of benzene rings is 1. The smallest absolute Gasteiger partial charge is 0.157 e. The maximum Gasteiger partial charge on any atom is 0.157 e. The number of nitrogen functional groups attached to an aromatic ring is 1. The van der Waals surface area contributed by atoms with Crippen molar-refractivity contribution >= 4 is 22.3 Å². The van der Waals surface area contributed by atoms with Gasteiger partial charge in [0.2, 0.25) is 0 Å². The fourth-order valence-corrected chi connectivity index (χ4v) is 3.47. The van der Waals surface area contributed by atoms with Gasteiger partial charge < -0.3 is 11.1 Å². The number of hydrogen-bond donors (Lipinski definition) is 3. The Kier molecular flexibility index (Phi) is 3.31. The number of H-pyrrole nitrogens is 1. The van der Waals surface area contributed by atoms with Crippen LogP contribution in [0.25, 0.3) is 27.7 Å². The van der Waals surface area contributed by atoms with Gasteiger partial charge in [0, 0.05) is 23.7 Å². The van der Waals surface area contributed by atoms with Gasteiger partial charge in [-0.15, -0.1) is 0 Å². The van der Waals surface area contributed by atoms with Crippen molar-refractivity contribution in [2.45, 2.75) is 25.2 Å². The van der Waals surface area contributed by atoms with E-state index in [1.807, 2.05) is 18.2 Å². The molecule has 2 aromatic heterocycles. The normalized spacial score (nSPS) is 17.7. The van der Waals surface area contributed by atoms with Crippen LogP contribution in [0.2, 0.25) is 0 Å². The van der Waals surface area contributed by atoms with Crippen LogP contribution in [0.5, 0.6) is 0 Å². The summed E-state index contributed by atoms with van der Waals surface area (Å²) in [6, 6.07) is 8.18. The number of nitrogens with one attached hydrogen (secondary N) is 2. The molecular weight excluding hydrogens is 312 g/mol. The van der Waals surface area contributed by atoms with Crippen LogP contribution >= 0.6 is 0 Å². The SMILES string of the molecule is Nc1nc(C2=CCNCC2)nc2cccc(-c3cc(C4CC4)[nH]n3)c12. The highest BCUT2D eigenvalue weighted by atomic mass is 15.1. The Morgan fingerprint density at radius 1 is 1.16 bits per heavy atom. The molecule has 5 rings (SSSR count). The largest absolute Gasteiger partial charge is 0.383 e. The van der Waals surface area contributed by atoms with Gasteiger partial charge in [-0.2, -0.15) is 5.10 Å². The van der Waals surface area contributed by atoms with Gasteiger partial charge in [0.15, 0.2) is 5.82 Å². The van der Waals surface area contributed by atoms with Crippen LogP contribution in [-0.4, -0.2) is 33.3 Å². The summed E-state index contributed by atoms with van der Waals surface area (Å²) in [5.41, 5.74) is 11.5. The van der Waals surface area contributed by atoms with Crippen molar-refractivity contribution in [3.63, 3.8) is 0 Å². The number of aromatic amines is 1. The molecule has 4 N–H and O–H groups in total. The Balaban J connectivity index is 1.63. The first-order chi connectivity index (χ1) is 12.3. The lowest BCUT2D eigenvalue weighted by atomic mass is 10.0. The van der Waals surface area contributed by atoms with Crippen LogP contribution in [0.15, 0.2) is 30.3 Å². The highest BCUT2D eigenvalue weighted by molar-refractivity contribution is 6.01. The lowest BCUT2D eigenvalue weighted by Crippen LogP contribution is -2.20. The van der Waals surface area contributed by atoms with Gasteiger partial charge in [-0.25, -0.2) is 9.97 Å². The van der Waals surface area contributed by atoms with Crippen molar-refractivity contribution in [3.05, 3.63) is 41.9 Å². The van der Waals surface area contributed by atoms with Crippen LogP contribution in [0.3, 0.4) is 0 Å². The fourth-order valence-electron chi connectivity index (χ4n) is 3.47. The molecule has 3 aromatic rings. The standard InChI is InChI=1S/C19H20N6/c20-18-17-13(16-10-15(24-25-16)11-4-5-11)2-1-3-14(17)22-19(23-18)12-6-8-21-9-7-12/h1-3,6,10-11,21H,4-5,7-9H2,(H,24,25)(H2,20,22,23). The summed E-state index contributed by atoms with van der Waals surface area (Å²) >= 11 is 0. The molecule has 1 fully saturated rings.